The molecular formula is C22H32O2. The molecule has 4 saturated carbocycles. The van der Waals surface area contributed by atoms with E-state index < -0.39 is 5.60 Å². The van der Waals surface area contributed by atoms with Crippen LogP contribution in [-0.4, -0.2) is 21.9 Å². The molecule has 4 rings (SSSR count). The fraction of sp³-hybridized carbons (Fsp3) is 0.818. The van der Waals surface area contributed by atoms with Gasteiger partial charge in [0.1, 0.15) is 5.60 Å². The van der Waals surface area contributed by atoms with E-state index in [1.807, 2.05) is 0 Å². The van der Waals surface area contributed by atoms with Crippen molar-refractivity contribution in [3.63, 3.8) is 0 Å². The Bertz CT molecular complexity index is 575. The van der Waals surface area contributed by atoms with Crippen LogP contribution < -0.4 is 0 Å². The van der Waals surface area contributed by atoms with E-state index in [4.69, 9.17) is 6.42 Å². The monoisotopic (exact) mass is 328 g/mol. The topological polar surface area (TPSA) is 40.5 Å². The van der Waals surface area contributed by atoms with Gasteiger partial charge in [-0.2, -0.15) is 0 Å². The van der Waals surface area contributed by atoms with Crippen LogP contribution in [0.1, 0.15) is 64.7 Å². The average Bonchev–Trinajstić information content (AvgIpc) is 2.88. The van der Waals surface area contributed by atoms with Gasteiger partial charge in [-0.15, -0.1) is 6.42 Å². The zero-order valence-electron chi connectivity index (χ0n) is 15.0. The average molecular weight is 328 g/mol. The highest BCUT2D eigenvalue weighted by molar-refractivity contribution is 5.30. The number of rotatable bonds is 1. The largest absolute Gasteiger partial charge is 0.393 e. The molecule has 0 aromatic carbocycles. The Balaban J connectivity index is 1.69. The number of hydrogen-bond donors (Lipinski definition) is 2. The van der Waals surface area contributed by atoms with Crippen molar-refractivity contribution >= 4 is 0 Å². The lowest BCUT2D eigenvalue weighted by Crippen LogP contribution is -2.55. The first-order valence-electron chi connectivity index (χ1n) is 10.0. The summed E-state index contributed by atoms with van der Waals surface area (Å²) >= 11 is 0. The van der Waals surface area contributed by atoms with Crippen LogP contribution in [0.4, 0.5) is 0 Å². The lowest BCUT2D eigenvalue weighted by Gasteiger charge is -2.58. The van der Waals surface area contributed by atoms with Gasteiger partial charge in [0.25, 0.3) is 0 Å². The highest BCUT2D eigenvalue weighted by Crippen LogP contribution is 2.67. The molecule has 4 aliphatic rings. The Morgan fingerprint density at radius 2 is 1.96 bits per heavy atom. The van der Waals surface area contributed by atoms with Gasteiger partial charge < -0.3 is 10.2 Å². The number of aliphatic hydroxyl groups is 2. The minimum absolute atomic E-state index is 0.0904. The molecule has 2 nitrogen and oxygen atoms in total. The molecule has 2 heteroatoms. The van der Waals surface area contributed by atoms with Crippen LogP contribution in [0.2, 0.25) is 0 Å². The molecule has 24 heavy (non-hydrogen) atoms. The highest BCUT2D eigenvalue weighted by Gasteiger charge is 2.64. The van der Waals surface area contributed by atoms with Crippen LogP contribution in [-0.2, 0) is 0 Å². The Hall–Kier alpha value is -0.780. The third-order valence-electron chi connectivity index (χ3n) is 8.56. The lowest BCUT2D eigenvalue weighted by atomic mass is 9.47. The van der Waals surface area contributed by atoms with Crippen molar-refractivity contribution in [2.24, 2.45) is 35.0 Å². The molecule has 0 aromatic heterocycles. The fourth-order valence-electron chi connectivity index (χ4n) is 7.54. The number of aliphatic hydroxyl groups excluding tert-OH is 1. The molecule has 0 bridgehead atoms. The summed E-state index contributed by atoms with van der Waals surface area (Å²) in [4.78, 5) is 0. The van der Waals surface area contributed by atoms with Crippen molar-refractivity contribution in [3.05, 3.63) is 12.2 Å². The van der Waals surface area contributed by atoms with E-state index in [-0.39, 0.29) is 11.5 Å². The Labute approximate surface area is 146 Å². The molecule has 2 N–H and O–H groups in total. The summed E-state index contributed by atoms with van der Waals surface area (Å²) < 4.78 is 0. The summed E-state index contributed by atoms with van der Waals surface area (Å²) in [6, 6.07) is 0. The predicted molar refractivity (Wildman–Crippen MR) is 96.0 cm³/mol. The SMILES string of the molecule is C#C[C@]1(O)CC[C@H]2[C@@H]3CC[C@H]4C[C@H](O)CC[C@@H]4[C@H]3C(=C)C[C@@]21CC. The van der Waals surface area contributed by atoms with Gasteiger partial charge in [0.15, 0.2) is 0 Å². The van der Waals surface area contributed by atoms with Crippen LogP contribution >= 0.6 is 0 Å². The van der Waals surface area contributed by atoms with E-state index in [9.17, 15) is 10.2 Å². The van der Waals surface area contributed by atoms with E-state index in [1.165, 1.54) is 18.4 Å². The van der Waals surface area contributed by atoms with Gasteiger partial charge in [-0.05, 0) is 87.4 Å². The highest BCUT2D eigenvalue weighted by atomic mass is 16.3. The van der Waals surface area contributed by atoms with Crippen molar-refractivity contribution < 1.29 is 10.2 Å². The summed E-state index contributed by atoms with van der Waals surface area (Å²) in [5.41, 5.74) is 0.251. The molecule has 132 valence electrons. The summed E-state index contributed by atoms with van der Waals surface area (Å²) in [6.07, 6.45) is 15.0. The van der Waals surface area contributed by atoms with Gasteiger partial charge in [0.2, 0.25) is 0 Å². The molecule has 8 atom stereocenters. The van der Waals surface area contributed by atoms with Crippen molar-refractivity contribution in [1.82, 2.24) is 0 Å². The smallest absolute Gasteiger partial charge is 0.131 e. The molecule has 0 radical (unpaired) electrons. The van der Waals surface area contributed by atoms with Gasteiger partial charge in [0, 0.05) is 5.41 Å². The zero-order valence-corrected chi connectivity index (χ0v) is 15.0. The third kappa shape index (κ3) is 2.04. The lowest BCUT2D eigenvalue weighted by molar-refractivity contribution is -0.0984. The van der Waals surface area contributed by atoms with Gasteiger partial charge in [0.05, 0.1) is 6.10 Å². The molecule has 0 aliphatic heterocycles. The van der Waals surface area contributed by atoms with E-state index in [1.54, 1.807) is 0 Å². The van der Waals surface area contributed by atoms with Crippen LogP contribution in [0.5, 0.6) is 0 Å². The van der Waals surface area contributed by atoms with E-state index in [2.05, 4.69) is 19.4 Å². The van der Waals surface area contributed by atoms with Gasteiger partial charge in [-0.3, -0.25) is 0 Å². The van der Waals surface area contributed by atoms with Crippen LogP contribution in [0.3, 0.4) is 0 Å². The minimum Gasteiger partial charge on any atom is -0.393 e. The van der Waals surface area contributed by atoms with Gasteiger partial charge >= 0.3 is 0 Å². The minimum atomic E-state index is -0.945. The first kappa shape index (κ1) is 16.7. The number of fused-ring (bicyclic) bond motifs is 5. The molecule has 0 saturated heterocycles. The molecule has 0 heterocycles. The van der Waals surface area contributed by atoms with E-state index in [0.717, 1.165) is 44.9 Å². The molecule has 4 fully saturated rings. The van der Waals surface area contributed by atoms with Crippen LogP contribution in [0.15, 0.2) is 12.2 Å². The van der Waals surface area contributed by atoms with Crippen molar-refractivity contribution in [3.8, 4) is 12.3 Å². The molecule has 4 aliphatic carbocycles. The first-order valence-corrected chi connectivity index (χ1v) is 10.0. The molecular weight excluding hydrogens is 296 g/mol. The second-order valence-corrected chi connectivity index (χ2v) is 9.15. The van der Waals surface area contributed by atoms with Gasteiger partial charge in [-0.25, -0.2) is 0 Å². The Morgan fingerprint density at radius 3 is 2.67 bits per heavy atom. The maximum absolute atomic E-state index is 11.2. The second-order valence-electron chi connectivity index (χ2n) is 9.15. The van der Waals surface area contributed by atoms with Crippen LogP contribution in [0, 0.1) is 47.3 Å². The Morgan fingerprint density at radius 1 is 1.21 bits per heavy atom. The zero-order chi connectivity index (χ0) is 17.1. The molecule has 0 spiro atoms. The third-order valence-corrected chi connectivity index (χ3v) is 8.56. The number of hydrogen-bond acceptors (Lipinski definition) is 2. The van der Waals surface area contributed by atoms with Crippen LogP contribution in [0.25, 0.3) is 0 Å². The quantitative estimate of drug-likeness (QED) is 0.566. The summed E-state index contributed by atoms with van der Waals surface area (Å²) in [5.74, 6) is 5.96. The summed E-state index contributed by atoms with van der Waals surface area (Å²) in [6.45, 7) is 6.72. The summed E-state index contributed by atoms with van der Waals surface area (Å²) in [7, 11) is 0. The first-order chi connectivity index (χ1) is 11.5. The van der Waals surface area contributed by atoms with E-state index >= 15 is 0 Å². The van der Waals surface area contributed by atoms with E-state index in [0.29, 0.717) is 29.6 Å². The number of allylic oxidation sites excluding steroid dienone is 1. The predicted octanol–water partition coefficient (Wildman–Crippen LogP) is 3.92. The van der Waals surface area contributed by atoms with Crippen molar-refractivity contribution in [1.29, 1.82) is 0 Å². The van der Waals surface area contributed by atoms with Crippen molar-refractivity contribution in [2.45, 2.75) is 76.4 Å². The standard InChI is InChI=1S/C22H32O2/c1-4-21-13-14(3)20-17-9-7-16(23)12-15(17)6-8-18(20)19(21)10-11-22(21,24)5-2/h2,15-20,23-24H,3-4,6-13H2,1H3/t15-,16+,17-,18-,19-,20+,21-,22-/m0/s1. The maximum atomic E-state index is 11.2. The fourth-order valence-corrected chi connectivity index (χ4v) is 7.54. The Kier molecular flexibility index (Phi) is 3.90. The van der Waals surface area contributed by atoms with Gasteiger partial charge in [-0.1, -0.05) is 25.0 Å². The maximum Gasteiger partial charge on any atom is 0.131 e. The normalized spacial score (nSPS) is 53.7. The molecule has 0 amide bonds. The molecule has 0 aromatic rings. The van der Waals surface area contributed by atoms with Crippen molar-refractivity contribution in [2.75, 3.05) is 0 Å². The molecule has 0 unspecified atom stereocenters. The summed E-state index contributed by atoms with van der Waals surface area (Å²) in [5, 5.41) is 21.3. The second kappa shape index (κ2) is 5.61. The number of terminal acetylenes is 1.